The lowest BCUT2D eigenvalue weighted by atomic mass is 10.1. The molecule has 0 aromatic rings. The van der Waals surface area contributed by atoms with Crippen LogP contribution < -0.4 is 5.32 Å². The van der Waals surface area contributed by atoms with Gasteiger partial charge in [-0.1, -0.05) is 19.8 Å². The maximum atomic E-state index is 11.2. The lowest BCUT2D eigenvalue weighted by Gasteiger charge is -2.26. The van der Waals surface area contributed by atoms with Gasteiger partial charge >= 0.3 is 0 Å². The molecule has 0 bridgehead atoms. The number of hydrogen-bond donors (Lipinski definition) is 1. The molecule has 1 saturated heterocycles. The van der Waals surface area contributed by atoms with E-state index < -0.39 is 0 Å². The number of carbonyl (C=O) groups is 1. The van der Waals surface area contributed by atoms with Crippen molar-refractivity contribution in [3.05, 3.63) is 0 Å². The lowest BCUT2D eigenvalue weighted by molar-refractivity contribution is -0.175. The van der Waals surface area contributed by atoms with Gasteiger partial charge < -0.3 is 14.8 Å². The van der Waals surface area contributed by atoms with Crippen LogP contribution in [-0.2, 0) is 14.3 Å². The normalized spacial score (nSPS) is 27.9. The zero-order valence-electron chi connectivity index (χ0n) is 10.7. The fraction of sp³-hybridized carbons (Fsp3) is 0.923. The summed E-state index contributed by atoms with van der Waals surface area (Å²) in [6.07, 6.45) is 7.51. The zero-order valence-corrected chi connectivity index (χ0v) is 10.7. The number of nitrogens with one attached hydrogen (secondary N) is 1. The molecule has 1 N–H and O–H groups in total. The Morgan fingerprint density at radius 3 is 2.65 bits per heavy atom. The average molecular weight is 241 g/mol. The predicted octanol–water partition coefficient (Wildman–Crippen LogP) is 1.98. The molecule has 1 aliphatic heterocycles. The molecule has 1 heterocycles. The summed E-state index contributed by atoms with van der Waals surface area (Å²) in [5.74, 6) is -0.256. The van der Waals surface area contributed by atoms with E-state index in [4.69, 9.17) is 9.47 Å². The first-order valence-electron chi connectivity index (χ1n) is 6.82. The van der Waals surface area contributed by atoms with E-state index in [-0.39, 0.29) is 17.8 Å². The Labute approximate surface area is 103 Å². The second-order valence-corrected chi connectivity index (χ2v) is 5.03. The largest absolute Gasteiger partial charge is 0.353 e. The average Bonchev–Trinajstić information content (AvgIpc) is 2.59. The second kappa shape index (κ2) is 5.83. The van der Waals surface area contributed by atoms with Crippen LogP contribution in [0.2, 0.25) is 0 Å². The molecule has 2 rings (SSSR count). The van der Waals surface area contributed by atoms with Crippen molar-refractivity contribution in [1.82, 2.24) is 5.32 Å². The SMILES string of the molecule is CCC(=O)NCC1COC2(CCCCCC2)O1. The van der Waals surface area contributed by atoms with E-state index >= 15 is 0 Å². The van der Waals surface area contributed by atoms with Crippen molar-refractivity contribution in [3.8, 4) is 0 Å². The van der Waals surface area contributed by atoms with Gasteiger partial charge in [-0.05, 0) is 12.8 Å². The summed E-state index contributed by atoms with van der Waals surface area (Å²) in [6, 6.07) is 0. The monoisotopic (exact) mass is 241 g/mol. The van der Waals surface area contributed by atoms with Crippen LogP contribution in [-0.4, -0.2) is 30.9 Å². The smallest absolute Gasteiger partial charge is 0.219 e. The van der Waals surface area contributed by atoms with Gasteiger partial charge in [0.25, 0.3) is 0 Å². The molecule has 17 heavy (non-hydrogen) atoms. The van der Waals surface area contributed by atoms with Crippen molar-refractivity contribution in [3.63, 3.8) is 0 Å². The molecule has 1 atom stereocenters. The van der Waals surface area contributed by atoms with Crippen molar-refractivity contribution >= 4 is 5.91 Å². The highest BCUT2D eigenvalue weighted by Crippen LogP contribution is 2.36. The van der Waals surface area contributed by atoms with Crippen LogP contribution in [0.15, 0.2) is 0 Å². The summed E-state index contributed by atoms with van der Waals surface area (Å²) in [5.41, 5.74) is 0. The Balaban J connectivity index is 1.79. The van der Waals surface area contributed by atoms with Gasteiger partial charge in [0.05, 0.1) is 6.61 Å². The third-order valence-corrected chi connectivity index (χ3v) is 3.63. The minimum Gasteiger partial charge on any atom is -0.353 e. The molecule has 1 spiro atoms. The highest BCUT2D eigenvalue weighted by Gasteiger charge is 2.41. The van der Waals surface area contributed by atoms with Gasteiger partial charge in [0.2, 0.25) is 5.91 Å². The third kappa shape index (κ3) is 3.42. The van der Waals surface area contributed by atoms with Crippen molar-refractivity contribution in [2.45, 2.75) is 63.8 Å². The topological polar surface area (TPSA) is 47.6 Å². The number of ether oxygens (including phenoxy) is 2. The Bertz CT molecular complexity index is 259. The summed E-state index contributed by atoms with van der Waals surface area (Å²) in [4.78, 5) is 11.2. The van der Waals surface area contributed by atoms with Crippen molar-refractivity contribution in [1.29, 1.82) is 0 Å². The number of rotatable bonds is 3. The first-order valence-corrected chi connectivity index (χ1v) is 6.82. The Hall–Kier alpha value is -0.610. The van der Waals surface area contributed by atoms with Gasteiger partial charge in [-0.25, -0.2) is 0 Å². The van der Waals surface area contributed by atoms with Gasteiger partial charge in [-0.15, -0.1) is 0 Å². The minimum absolute atomic E-state index is 0.0311. The predicted molar refractivity (Wildman–Crippen MR) is 64.6 cm³/mol. The third-order valence-electron chi connectivity index (χ3n) is 3.63. The van der Waals surface area contributed by atoms with E-state index in [1.54, 1.807) is 0 Å². The molecule has 1 aliphatic carbocycles. The van der Waals surface area contributed by atoms with Crippen molar-refractivity contribution in [2.75, 3.05) is 13.2 Å². The Morgan fingerprint density at radius 1 is 1.29 bits per heavy atom. The van der Waals surface area contributed by atoms with Crippen LogP contribution >= 0.6 is 0 Å². The molecule has 0 aromatic heterocycles. The van der Waals surface area contributed by atoms with Gasteiger partial charge in [0.15, 0.2) is 5.79 Å². The van der Waals surface area contributed by atoms with Crippen LogP contribution in [0.4, 0.5) is 0 Å². The highest BCUT2D eigenvalue weighted by atomic mass is 16.7. The molecule has 2 aliphatic rings. The first-order chi connectivity index (χ1) is 8.24. The quantitative estimate of drug-likeness (QED) is 0.822. The van der Waals surface area contributed by atoms with E-state index in [9.17, 15) is 4.79 Å². The number of carbonyl (C=O) groups excluding carboxylic acids is 1. The van der Waals surface area contributed by atoms with Gasteiger partial charge in [0, 0.05) is 25.8 Å². The molecule has 0 aromatic carbocycles. The second-order valence-electron chi connectivity index (χ2n) is 5.03. The zero-order chi connectivity index (χ0) is 12.1. The van der Waals surface area contributed by atoms with E-state index in [1.807, 2.05) is 6.92 Å². The van der Waals surface area contributed by atoms with Crippen LogP contribution in [0.25, 0.3) is 0 Å². The van der Waals surface area contributed by atoms with Gasteiger partial charge in [-0.2, -0.15) is 0 Å². The van der Waals surface area contributed by atoms with E-state index in [0.29, 0.717) is 19.6 Å². The lowest BCUT2D eigenvalue weighted by Crippen LogP contribution is -2.35. The summed E-state index contributed by atoms with van der Waals surface area (Å²) in [7, 11) is 0. The molecule has 4 heteroatoms. The molecule has 4 nitrogen and oxygen atoms in total. The van der Waals surface area contributed by atoms with E-state index in [0.717, 1.165) is 12.8 Å². The van der Waals surface area contributed by atoms with Crippen molar-refractivity contribution < 1.29 is 14.3 Å². The molecule has 0 radical (unpaired) electrons. The summed E-state index contributed by atoms with van der Waals surface area (Å²) >= 11 is 0. The van der Waals surface area contributed by atoms with Gasteiger partial charge in [-0.3, -0.25) is 4.79 Å². The molecule has 1 amide bonds. The first kappa shape index (κ1) is 12.8. The molecule has 1 saturated carbocycles. The molecule has 2 fully saturated rings. The summed E-state index contributed by atoms with van der Waals surface area (Å²) in [6.45, 7) is 3.05. The Morgan fingerprint density at radius 2 is 2.00 bits per heavy atom. The van der Waals surface area contributed by atoms with E-state index in [2.05, 4.69) is 5.32 Å². The maximum Gasteiger partial charge on any atom is 0.219 e. The summed E-state index contributed by atoms with van der Waals surface area (Å²) in [5, 5.41) is 2.87. The van der Waals surface area contributed by atoms with Crippen LogP contribution in [0, 0.1) is 0 Å². The van der Waals surface area contributed by atoms with E-state index in [1.165, 1.54) is 25.7 Å². The molecular weight excluding hydrogens is 218 g/mol. The van der Waals surface area contributed by atoms with Crippen molar-refractivity contribution in [2.24, 2.45) is 0 Å². The van der Waals surface area contributed by atoms with Crippen LogP contribution in [0.5, 0.6) is 0 Å². The fourth-order valence-electron chi connectivity index (χ4n) is 2.60. The Kier molecular flexibility index (Phi) is 4.40. The van der Waals surface area contributed by atoms with Crippen LogP contribution in [0.1, 0.15) is 51.9 Å². The fourth-order valence-corrected chi connectivity index (χ4v) is 2.60. The highest BCUT2D eigenvalue weighted by molar-refractivity contribution is 5.75. The standard InChI is InChI=1S/C13H23NO3/c1-2-12(15)14-9-11-10-16-13(17-11)7-5-3-4-6-8-13/h11H,2-10H2,1H3,(H,14,15). The number of amides is 1. The van der Waals surface area contributed by atoms with Crippen LogP contribution in [0.3, 0.4) is 0 Å². The molecule has 1 unspecified atom stereocenters. The molecular formula is C13H23NO3. The maximum absolute atomic E-state index is 11.2. The minimum atomic E-state index is -0.335. The number of hydrogen-bond acceptors (Lipinski definition) is 3. The molecule has 98 valence electrons. The summed E-state index contributed by atoms with van der Waals surface area (Å²) < 4.78 is 11.9. The van der Waals surface area contributed by atoms with Gasteiger partial charge in [0.1, 0.15) is 6.10 Å².